The van der Waals surface area contributed by atoms with E-state index in [-0.39, 0.29) is 0 Å². The summed E-state index contributed by atoms with van der Waals surface area (Å²) in [6.07, 6.45) is 5.62. The smallest absolute Gasteiger partial charge is 0.170 e. The molecule has 0 N–H and O–H groups in total. The Labute approximate surface area is 153 Å². The van der Waals surface area contributed by atoms with E-state index in [4.69, 9.17) is 4.52 Å². The van der Waals surface area contributed by atoms with Gasteiger partial charge in [0.15, 0.2) is 5.76 Å². The molecule has 0 spiro atoms. The predicted molar refractivity (Wildman–Crippen MR) is 102 cm³/mol. The van der Waals surface area contributed by atoms with Crippen molar-refractivity contribution < 1.29 is 4.52 Å². The first-order valence-corrected chi connectivity index (χ1v) is 8.86. The van der Waals surface area contributed by atoms with Crippen LogP contribution in [0.4, 0.5) is 0 Å². The van der Waals surface area contributed by atoms with Crippen molar-refractivity contribution >= 4 is 0 Å². The topological polar surface area (TPSA) is 43.9 Å². The number of aromatic nitrogens is 3. The molecule has 2 heterocycles. The summed E-state index contributed by atoms with van der Waals surface area (Å²) in [5, 5.41) is 4.18. The first-order valence-electron chi connectivity index (χ1n) is 8.86. The number of rotatable bonds is 6. The van der Waals surface area contributed by atoms with Gasteiger partial charge < -0.3 is 9.09 Å². The van der Waals surface area contributed by atoms with Crippen molar-refractivity contribution in [2.24, 2.45) is 0 Å². The molecule has 0 radical (unpaired) electrons. The molecule has 4 heteroatoms. The highest BCUT2D eigenvalue weighted by molar-refractivity contribution is 5.61. The van der Waals surface area contributed by atoms with Gasteiger partial charge in [-0.05, 0) is 18.9 Å². The molecule has 26 heavy (non-hydrogen) atoms. The Morgan fingerprint density at radius 2 is 1.65 bits per heavy atom. The largest absolute Gasteiger partial charge is 0.356 e. The van der Waals surface area contributed by atoms with Gasteiger partial charge in [-0.1, -0.05) is 65.8 Å². The summed E-state index contributed by atoms with van der Waals surface area (Å²) in [6.45, 7) is 2.84. The lowest BCUT2D eigenvalue weighted by Gasteiger charge is -2.08. The Morgan fingerprint density at radius 3 is 2.42 bits per heavy atom. The zero-order chi connectivity index (χ0) is 17.8. The van der Waals surface area contributed by atoms with E-state index < -0.39 is 0 Å². The van der Waals surface area contributed by atoms with Gasteiger partial charge in [0.25, 0.3) is 0 Å². The predicted octanol–water partition coefficient (Wildman–Crippen LogP) is 4.68. The van der Waals surface area contributed by atoms with E-state index in [1.165, 1.54) is 5.56 Å². The van der Waals surface area contributed by atoms with Crippen LogP contribution in [0.25, 0.3) is 11.3 Å². The summed E-state index contributed by atoms with van der Waals surface area (Å²) in [5.74, 6) is 1.94. The van der Waals surface area contributed by atoms with Crippen molar-refractivity contribution in [3.8, 4) is 11.3 Å². The fourth-order valence-electron chi connectivity index (χ4n) is 3.23. The van der Waals surface area contributed by atoms with Crippen molar-refractivity contribution in [1.82, 2.24) is 14.7 Å². The van der Waals surface area contributed by atoms with Crippen molar-refractivity contribution in [2.45, 2.75) is 26.3 Å². The molecule has 0 aliphatic carbocycles. The molecule has 0 bridgehead atoms. The lowest BCUT2D eigenvalue weighted by atomic mass is 10.0. The highest BCUT2D eigenvalue weighted by Crippen LogP contribution is 2.27. The molecule has 0 unspecified atom stereocenters. The van der Waals surface area contributed by atoms with Crippen LogP contribution in [0.15, 0.2) is 77.6 Å². The van der Waals surface area contributed by atoms with Gasteiger partial charge in [-0.25, -0.2) is 4.98 Å². The lowest BCUT2D eigenvalue weighted by molar-refractivity contribution is 0.426. The summed E-state index contributed by atoms with van der Waals surface area (Å²) in [7, 11) is 0. The normalized spacial score (nSPS) is 11.0. The number of nitrogens with zero attached hydrogens (tertiary/aromatic N) is 3. The van der Waals surface area contributed by atoms with Gasteiger partial charge in [-0.2, -0.15) is 0 Å². The zero-order valence-corrected chi connectivity index (χ0v) is 14.8. The molecule has 4 rings (SSSR count). The monoisotopic (exact) mass is 343 g/mol. The summed E-state index contributed by atoms with van der Waals surface area (Å²) in [5.41, 5.74) is 4.45. The highest BCUT2D eigenvalue weighted by Gasteiger charge is 2.15. The summed E-state index contributed by atoms with van der Waals surface area (Å²) in [4.78, 5) is 4.56. The molecule has 0 aliphatic heterocycles. The standard InChI is InChI=1S/C22H21N3O/c1-17-20(22(26-24-17)19-10-6-3-7-11-19)12-13-21-23-14-15-25(21)16-18-8-4-2-5-9-18/h2-11,14-15H,12-13,16H2,1H3. The van der Waals surface area contributed by atoms with Crippen molar-refractivity contribution in [3.05, 3.63) is 95.7 Å². The maximum atomic E-state index is 5.60. The Hall–Kier alpha value is -3.14. The first-order chi connectivity index (χ1) is 12.8. The quantitative estimate of drug-likeness (QED) is 0.510. The Bertz CT molecular complexity index is 971. The minimum Gasteiger partial charge on any atom is -0.356 e. The molecule has 4 nitrogen and oxygen atoms in total. The van der Waals surface area contributed by atoms with Gasteiger partial charge >= 0.3 is 0 Å². The highest BCUT2D eigenvalue weighted by atomic mass is 16.5. The van der Waals surface area contributed by atoms with Gasteiger partial charge in [0.05, 0.1) is 5.69 Å². The third-order valence-electron chi connectivity index (χ3n) is 4.62. The van der Waals surface area contributed by atoms with Crippen LogP contribution < -0.4 is 0 Å². The maximum absolute atomic E-state index is 5.60. The van der Waals surface area contributed by atoms with Gasteiger partial charge in [0.2, 0.25) is 0 Å². The molecule has 2 aromatic heterocycles. The Morgan fingerprint density at radius 1 is 0.923 bits per heavy atom. The van der Waals surface area contributed by atoms with E-state index in [9.17, 15) is 0 Å². The minimum absolute atomic E-state index is 0.838. The van der Waals surface area contributed by atoms with Crippen molar-refractivity contribution in [1.29, 1.82) is 0 Å². The van der Waals surface area contributed by atoms with Gasteiger partial charge in [-0.15, -0.1) is 0 Å². The molecular weight excluding hydrogens is 322 g/mol. The van der Waals surface area contributed by atoms with Crippen molar-refractivity contribution in [2.75, 3.05) is 0 Å². The molecule has 0 atom stereocenters. The van der Waals surface area contributed by atoms with Crippen LogP contribution in [0.5, 0.6) is 0 Å². The van der Waals surface area contributed by atoms with E-state index in [0.717, 1.165) is 47.8 Å². The van der Waals surface area contributed by atoms with Crippen molar-refractivity contribution in [3.63, 3.8) is 0 Å². The number of aryl methyl sites for hydroxylation is 2. The molecule has 0 saturated heterocycles. The SMILES string of the molecule is Cc1noc(-c2ccccc2)c1CCc1nccn1Cc1ccccc1. The van der Waals surface area contributed by atoms with Gasteiger partial charge in [0, 0.05) is 36.5 Å². The fourth-order valence-corrected chi connectivity index (χ4v) is 3.23. The molecule has 0 saturated carbocycles. The maximum Gasteiger partial charge on any atom is 0.170 e. The van der Waals surface area contributed by atoms with E-state index >= 15 is 0 Å². The van der Waals surface area contributed by atoms with Gasteiger partial charge in [-0.3, -0.25) is 0 Å². The lowest BCUT2D eigenvalue weighted by Crippen LogP contribution is -2.06. The molecular formula is C22H21N3O. The molecule has 4 aromatic rings. The van der Waals surface area contributed by atoms with Crippen LogP contribution in [0.2, 0.25) is 0 Å². The Kier molecular flexibility index (Phi) is 4.65. The zero-order valence-electron chi connectivity index (χ0n) is 14.8. The van der Waals surface area contributed by atoms with Crippen LogP contribution >= 0.6 is 0 Å². The van der Waals surface area contributed by atoms with E-state index in [2.05, 4.69) is 51.1 Å². The van der Waals surface area contributed by atoms with Gasteiger partial charge in [0.1, 0.15) is 5.82 Å². The number of imidazole rings is 1. The second-order valence-electron chi connectivity index (χ2n) is 6.40. The summed E-state index contributed by atoms with van der Waals surface area (Å²) in [6, 6.07) is 20.6. The molecule has 2 aromatic carbocycles. The van der Waals surface area contributed by atoms with E-state index in [1.807, 2.05) is 43.6 Å². The molecule has 0 aliphatic rings. The first kappa shape index (κ1) is 16.3. The summed E-state index contributed by atoms with van der Waals surface area (Å²) >= 11 is 0. The number of hydrogen-bond donors (Lipinski definition) is 0. The fraction of sp³-hybridized carbons (Fsp3) is 0.182. The van der Waals surface area contributed by atoms with E-state index in [1.54, 1.807) is 0 Å². The third-order valence-corrected chi connectivity index (χ3v) is 4.62. The van der Waals surface area contributed by atoms with Crippen LogP contribution in [-0.4, -0.2) is 14.7 Å². The minimum atomic E-state index is 0.838. The average molecular weight is 343 g/mol. The average Bonchev–Trinajstić information content (AvgIpc) is 3.28. The van der Waals surface area contributed by atoms with Crippen LogP contribution in [0.3, 0.4) is 0 Å². The molecule has 0 amide bonds. The third kappa shape index (κ3) is 3.45. The van der Waals surface area contributed by atoms with Crippen LogP contribution in [0.1, 0.15) is 22.6 Å². The van der Waals surface area contributed by atoms with Crippen LogP contribution in [0, 0.1) is 6.92 Å². The molecule has 0 fully saturated rings. The Balaban J connectivity index is 1.53. The second-order valence-corrected chi connectivity index (χ2v) is 6.40. The summed E-state index contributed by atoms with van der Waals surface area (Å²) < 4.78 is 7.81. The van der Waals surface area contributed by atoms with Crippen LogP contribution in [-0.2, 0) is 19.4 Å². The number of benzene rings is 2. The number of hydrogen-bond acceptors (Lipinski definition) is 3. The second kappa shape index (κ2) is 7.40. The van der Waals surface area contributed by atoms with E-state index in [0.29, 0.717) is 0 Å². The molecule has 130 valence electrons.